The predicted octanol–water partition coefficient (Wildman–Crippen LogP) is 17.9. The third-order valence-electron chi connectivity index (χ3n) is 15.2. The number of rotatable bonds is 7. The number of para-hydroxylation sites is 1. The average molecular weight is 871 g/mol. The van der Waals surface area contributed by atoms with Gasteiger partial charge in [0.15, 0.2) is 0 Å². The van der Waals surface area contributed by atoms with Gasteiger partial charge in [-0.1, -0.05) is 198 Å². The summed E-state index contributed by atoms with van der Waals surface area (Å²) >= 11 is 0. The van der Waals surface area contributed by atoms with Crippen molar-refractivity contribution >= 4 is 38.9 Å². The van der Waals surface area contributed by atoms with Crippen LogP contribution in [0.25, 0.3) is 83.1 Å². The summed E-state index contributed by atoms with van der Waals surface area (Å²) in [6.07, 6.45) is 0. The molecule has 2 heteroatoms. The van der Waals surface area contributed by atoms with Crippen LogP contribution in [0, 0.1) is 0 Å². The lowest BCUT2D eigenvalue weighted by molar-refractivity contribution is 0.660. The number of fused-ring (bicyclic) bond motifs is 9. The molecule has 10 aromatic carbocycles. The number of hydrogen-bond donors (Lipinski definition) is 0. The van der Waals surface area contributed by atoms with Gasteiger partial charge in [0.25, 0.3) is 0 Å². The second kappa shape index (κ2) is 15.2. The van der Waals surface area contributed by atoms with Crippen molar-refractivity contribution in [1.29, 1.82) is 0 Å². The third-order valence-corrected chi connectivity index (χ3v) is 15.2. The smallest absolute Gasteiger partial charge is 0.0547 e. The molecule has 11 aromatic rings. The van der Waals surface area contributed by atoms with Crippen molar-refractivity contribution in [2.75, 3.05) is 4.90 Å². The van der Waals surface area contributed by atoms with Crippen molar-refractivity contribution in [1.82, 2.24) is 4.57 Å². The quantitative estimate of drug-likeness (QED) is 0.155. The molecule has 68 heavy (non-hydrogen) atoms. The number of aromatic nitrogens is 1. The van der Waals surface area contributed by atoms with E-state index in [1.807, 2.05) is 0 Å². The van der Waals surface area contributed by atoms with Crippen LogP contribution in [0.2, 0.25) is 0 Å². The summed E-state index contributed by atoms with van der Waals surface area (Å²) in [5.41, 5.74) is 24.8. The molecule has 0 aliphatic heterocycles. The first kappa shape index (κ1) is 40.1. The summed E-state index contributed by atoms with van der Waals surface area (Å²) in [5, 5.41) is 2.50. The number of anilines is 3. The van der Waals surface area contributed by atoms with E-state index in [2.05, 4.69) is 268 Å². The number of hydrogen-bond acceptors (Lipinski definition) is 1. The molecular formula is C66H50N2. The minimum Gasteiger partial charge on any atom is -0.310 e. The Hall–Kier alpha value is -8.20. The minimum atomic E-state index is -0.114. The lowest BCUT2D eigenvalue weighted by Crippen LogP contribution is -2.18. The Kier molecular flexibility index (Phi) is 8.95. The minimum absolute atomic E-state index is 0.114. The van der Waals surface area contributed by atoms with E-state index in [0.29, 0.717) is 0 Å². The second-order valence-corrected chi connectivity index (χ2v) is 19.8. The van der Waals surface area contributed by atoms with Crippen molar-refractivity contribution in [3.05, 3.63) is 253 Å². The van der Waals surface area contributed by atoms with Crippen molar-refractivity contribution in [3.63, 3.8) is 0 Å². The lowest BCUT2D eigenvalue weighted by atomic mass is 9.82. The first-order chi connectivity index (χ1) is 33.2. The summed E-state index contributed by atoms with van der Waals surface area (Å²) in [6, 6.07) is 85.5. The monoisotopic (exact) mass is 870 g/mol. The Bertz CT molecular complexity index is 3650. The standard InChI is InChI=1S/C66H50N2/c1-65(2)59-19-11-8-16-53(59)55-38-35-51(41-61(55)65)67(52-36-39-56-54-17-9-12-20-60(54)66(3,4)62(56)42-52)49-31-28-47(29-32-49)48-30-37-58-57-18-10-13-21-63(57)68(64(58)40-48)50-33-26-46(27-34-50)45-24-22-44(23-25-45)43-14-6-5-7-15-43/h5-42H,1-4H3. The van der Waals surface area contributed by atoms with E-state index in [1.165, 1.54) is 99.7 Å². The van der Waals surface area contributed by atoms with E-state index < -0.39 is 0 Å². The zero-order valence-electron chi connectivity index (χ0n) is 38.8. The van der Waals surface area contributed by atoms with Gasteiger partial charge in [-0.05, 0) is 139 Å². The molecule has 2 aliphatic carbocycles. The van der Waals surface area contributed by atoms with Crippen molar-refractivity contribution < 1.29 is 0 Å². The third kappa shape index (κ3) is 6.17. The van der Waals surface area contributed by atoms with Gasteiger partial charge in [0.05, 0.1) is 11.0 Å². The van der Waals surface area contributed by atoms with Gasteiger partial charge in [0.1, 0.15) is 0 Å². The molecule has 2 nitrogen and oxygen atoms in total. The van der Waals surface area contributed by atoms with Gasteiger partial charge < -0.3 is 9.47 Å². The highest BCUT2D eigenvalue weighted by molar-refractivity contribution is 6.10. The molecule has 324 valence electrons. The molecule has 0 spiro atoms. The molecule has 2 aliphatic rings. The van der Waals surface area contributed by atoms with Crippen LogP contribution in [0.5, 0.6) is 0 Å². The molecule has 0 fully saturated rings. The SMILES string of the molecule is CC1(C)c2ccccc2-c2ccc(N(c3ccc(-c4ccc5c6ccccc6n(-c6ccc(-c7ccc(-c8ccccc8)cc7)cc6)c5c4)cc3)c3ccc4c(c3)C(C)(C)c3ccccc3-4)cc21. The Morgan fingerprint density at radius 2 is 0.706 bits per heavy atom. The zero-order valence-corrected chi connectivity index (χ0v) is 38.8. The molecule has 0 amide bonds. The lowest BCUT2D eigenvalue weighted by Gasteiger charge is -2.30. The highest BCUT2D eigenvalue weighted by Crippen LogP contribution is 2.53. The van der Waals surface area contributed by atoms with E-state index in [0.717, 1.165) is 22.7 Å². The first-order valence-electron chi connectivity index (χ1n) is 23.9. The summed E-state index contributed by atoms with van der Waals surface area (Å²) in [4.78, 5) is 2.46. The molecule has 0 saturated heterocycles. The Labute approximate surface area is 399 Å². The maximum Gasteiger partial charge on any atom is 0.0547 e. The highest BCUT2D eigenvalue weighted by Gasteiger charge is 2.37. The van der Waals surface area contributed by atoms with Gasteiger partial charge >= 0.3 is 0 Å². The molecular weight excluding hydrogens is 821 g/mol. The number of benzene rings is 10. The van der Waals surface area contributed by atoms with Crippen molar-refractivity contribution in [2.45, 2.75) is 38.5 Å². The van der Waals surface area contributed by atoms with Crippen LogP contribution < -0.4 is 4.90 Å². The molecule has 0 bridgehead atoms. The van der Waals surface area contributed by atoms with Crippen LogP contribution >= 0.6 is 0 Å². The zero-order chi connectivity index (χ0) is 45.7. The van der Waals surface area contributed by atoms with Gasteiger partial charge in [-0.15, -0.1) is 0 Å². The van der Waals surface area contributed by atoms with E-state index in [9.17, 15) is 0 Å². The van der Waals surface area contributed by atoms with E-state index >= 15 is 0 Å². The summed E-state index contributed by atoms with van der Waals surface area (Å²) in [5.74, 6) is 0. The predicted molar refractivity (Wildman–Crippen MR) is 287 cm³/mol. The molecule has 0 atom stereocenters. The summed E-state index contributed by atoms with van der Waals surface area (Å²) in [7, 11) is 0. The highest BCUT2D eigenvalue weighted by atomic mass is 15.1. The molecule has 1 heterocycles. The molecule has 13 rings (SSSR count). The average Bonchev–Trinajstić information content (AvgIpc) is 3.93. The molecule has 0 radical (unpaired) electrons. The molecule has 0 N–H and O–H groups in total. The second-order valence-electron chi connectivity index (χ2n) is 19.8. The van der Waals surface area contributed by atoms with Crippen LogP contribution in [-0.4, -0.2) is 4.57 Å². The van der Waals surface area contributed by atoms with Gasteiger partial charge in [0.2, 0.25) is 0 Å². The summed E-state index contributed by atoms with van der Waals surface area (Å²) < 4.78 is 2.42. The molecule has 1 aromatic heterocycles. The maximum atomic E-state index is 2.46. The topological polar surface area (TPSA) is 8.17 Å². The van der Waals surface area contributed by atoms with Crippen LogP contribution in [-0.2, 0) is 10.8 Å². The van der Waals surface area contributed by atoms with Crippen molar-refractivity contribution in [3.8, 4) is 61.3 Å². The fourth-order valence-electron chi connectivity index (χ4n) is 11.6. The van der Waals surface area contributed by atoms with Gasteiger partial charge in [-0.3, -0.25) is 0 Å². The van der Waals surface area contributed by atoms with E-state index in [-0.39, 0.29) is 10.8 Å². The summed E-state index contributed by atoms with van der Waals surface area (Å²) in [6.45, 7) is 9.47. The van der Waals surface area contributed by atoms with Gasteiger partial charge in [-0.25, -0.2) is 0 Å². The van der Waals surface area contributed by atoms with Crippen LogP contribution in [0.1, 0.15) is 49.9 Å². The van der Waals surface area contributed by atoms with Gasteiger partial charge in [-0.2, -0.15) is 0 Å². The molecule has 0 saturated carbocycles. The fourth-order valence-corrected chi connectivity index (χ4v) is 11.6. The number of nitrogens with zero attached hydrogens (tertiary/aromatic N) is 2. The van der Waals surface area contributed by atoms with E-state index in [4.69, 9.17) is 0 Å². The Morgan fingerprint density at radius 3 is 1.29 bits per heavy atom. The van der Waals surface area contributed by atoms with Gasteiger partial charge in [0, 0.05) is 44.4 Å². The maximum absolute atomic E-state index is 2.46. The van der Waals surface area contributed by atoms with Crippen molar-refractivity contribution in [2.24, 2.45) is 0 Å². The first-order valence-corrected chi connectivity index (χ1v) is 23.9. The molecule has 0 unspecified atom stereocenters. The largest absolute Gasteiger partial charge is 0.310 e. The Balaban J connectivity index is 0.886. The van der Waals surface area contributed by atoms with Crippen LogP contribution in [0.15, 0.2) is 231 Å². The van der Waals surface area contributed by atoms with E-state index in [1.54, 1.807) is 0 Å². The normalized spacial score (nSPS) is 13.8. The fraction of sp³-hybridized carbons (Fsp3) is 0.0909. The van der Waals surface area contributed by atoms with Crippen LogP contribution in [0.3, 0.4) is 0 Å². The van der Waals surface area contributed by atoms with Crippen LogP contribution in [0.4, 0.5) is 17.1 Å². The Morgan fingerprint density at radius 1 is 0.294 bits per heavy atom.